The van der Waals surface area contributed by atoms with Gasteiger partial charge < -0.3 is 5.32 Å². The Morgan fingerprint density at radius 2 is 1.67 bits per heavy atom. The molecule has 1 unspecified atom stereocenters. The predicted molar refractivity (Wildman–Crippen MR) is 87.7 cm³/mol. The molecule has 0 fully saturated rings. The minimum absolute atomic E-state index is 0.206. The van der Waals surface area contributed by atoms with Crippen LogP contribution < -0.4 is 5.32 Å². The average molecular weight is 326 g/mol. The van der Waals surface area contributed by atoms with Crippen LogP contribution in [0.3, 0.4) is 0 Å². The predicted octanol–water partition coefficient (Wildman–Crippen LogP) is 4.90. The van der Waals surface area contributed by atoms with E-state index in [1.807, 2.05) is 24.3 Å². The molecule has 2 rings (SSSR count). The SMILES string of the molecule is CCNC(Cc1ccccc1Cl)Cc1ccc(F)cc1Cl. The van der Waals surface area contributed by atoms with Crippen molar-refractivity contribution >= 4 is 23.2 Å². The molecule has 0 aliphatic carbocycles. The van der Waals surface area contributed by atoms with Gasteiger partial charge >= 0.3 is 0 Å². The Morgan fingerprint density at radius 1 is 1.00 bits per heavy atom. The van der Waals surface area contributed by atoms with Gasteiger partial charge in [0, 0.05) is 16.1 Å². The van der Waals surface area contributed by atoms with E-state index in [2.05, 4.69) is 12.2 Å². The first-order valence-electron chi connectivity index (χ1n) is 7.01. The minimum atomic E-state index is -0.310. The monoisotopic (exact) mass is 325 g/mol. The van der Waals surface area contributed by atoms with E-state index in [4.69, 9.17) is 23.2 Å². The minimum Gasteiger partial charge on any atom is -0.314 e. The van der Waals surface area contributed by atoms with Crippen molar-refractivity contribution in [3.63, 3.8) is 0 Å². The molecule has 0 saturated heterocycles. The van der Waals surface area contributed by atoms with E-state index >= 15 is 0 Å². The maximum absolute atomic E-state index is 13.1. The average Bonchev–Trinajstić information content (AvgIpc) is 2.44. The molecule has 21 heavy (non-hydrogen) atoms. The molecule has 112 valence electrons. The van der Waals surface area contributed by atoms with Gasteiger partial charge in [0.05, 0.1) is 0 Å². The molecule has 0 aromatic heterocycles. The van der Waals surface area contributed by atoms with Gasteiger partial charge in [0.1, 0.15) is 5.82 Å². The van der Waals surface area contributed by atoms with Gasteiger partial charge in [-0.15, -0.1) is 0 Å². The molecule has 0 bridgehead atoms. The van der Waals surface area contributed by atoms with E-state index in [0.717, 1.165) is 35.5 Å². The quantitative estimate of drug-likeness (QED) is 0.796. The fourth-order valence-corrected chi connectivity index (χ4v) is 2.84. The zero-order chi connectivity index (χ0) is 15.2. The second kappa shape index (κ2) is 7.79. The molecule has 0 aliphatic rings. The van der Waals surface area contributed by atoms with Gasteiger partial charge in [0.25, 0.3) is 0 Å². The van der Waals surface area contributed by atoms with Crippen LogP contribution in [0.1, 0.15) is 18.1 Å². The molecule has 0 radical (unpaired) electrons. The largest absolute Gasteiger partial charge is 0.314 e. The van der Waals surface area contributed by atoms with Gasteiger partial charge in [0.2, 0.25) is 0 Å². The highest BCUT2D eigenvalue weighted by Gasteiger charge is 2.13. The normalized spacial score (nSPS) is 12.4. The summed E-state index contributed by atoms with van der Waals surface area (Å²) in [6.07, 6.45) is 1.54. The zero-order valence-corrected chi connectivity index (χ0v) is 13.4. The molecule has 0 heterocycles. The number of likely N-dealkylation sites (N-methyl/N-ethyl adjacent to an activating group) is 1. The third-order valence-electron chi connectivity index (χ3n) is 3.40. The third-order valence-corrected chi connectivity index (χ3v) is 4.12. The van der Waals surface area contributed by atoms with Crippen LogP contribution >= 0.6 is 23.2 Å². The number of hydrogen-bond acceptors (Lipinski definition) is 1. The lowest BCUT2D eigenvalue weighted by Crippen LogP contribution is -2.33. The first kappa shape index (κ1) is 16.3. The molecule has 4 heteroatoms. The Labute approximate surface area is 135 Å². The lowest BCUT2D eigenvalue weighted by atomic mass is 9.98. The van der Waals surface area contributed by atoms with Gasteiger partial charge in [-0.25, -0.2) is 4.39 Å². The van der Waals surface area contributed by atoms with Crippen molar-refractivity contribution < 1.29 is 4.39 Å². The van der Waals surface area contributed by atoms with Gasteiger partial charge in [-0.2, -0.15) is 0 Å². The number of nitrogens with one attached hydrogen (secondary N) is 1. The summed E-state index contributed by atoms with van der Waals surface area (Å²) in [5.41, 5.74) is 2.04. The molecule has 1 N–H and O–H groups in total. The Bertz CT molecular complexity index is 601. The number of halogens is 3. The molecule has 1 atom stereocenters. The topological polar surface area (TPSA) is 12.0 Å². The van der Waals surface area contributed by atoms with Gasteiger partial charge in [-0.1, -0.05) is 54.4 Å². The Hall–Kier alpha value is -1.09. The van der Waals surface area contributed by atoms with Crippen molar-refractivity contribution in [1.82, 2.24) is 5.32 Å². The first-order valence-corrected chi connectivity index (χ1v) is 7.76. The molecule has 1 nitrogen and oxygen atoms in total. The maximum atomic E-state index is 13.1. The van der Waals surface area contributed by atoms with Crippen LogP contribution in [-0.2, 0) is 12.8 Å². The van der Waals surface area contributed by atoms with Crippen molar-refractivity contribution in [1.29, 1.82) is 0 Å². The molecule has 0 amide bonds. The molecule has 0 aliphatic heterocycles. The van der Waals surface area contributed by atoms with Gasteiger partial charge in [-0.3, -0.25) is 0 Å². The summed E-state index contributed by atoms with van der Waals surface area (Å²) in [7, 11) is 0. The number of rotatable bonds is 6. The molecule has 0 saturated carbocycles. The van der Waals surface area contributed by atoms with Crippen LogP contribution in [0.4, 0.5) is 4.39 Å². The van der Waals surface area contributed by atoms with Crippen LogP contribution in [0.2, 0.25) is 10.0 Å². The van der Waals surface area contributed by atoms with Crippen LogP contribution in [0.5, 0.6) is 0 Å². The second-order valence-electron chi connectivity index (χ2n) is 4.99. The van der Waals surface area contributed by atoms with E-state index < -0.39 is 0 Å². The van der Waals surface area contributed by atoms with E-state index in [1.165, 1.54) is 12.1 Å². The van der Waals surface area contributed by atoms with E-state index in [9.17, 15) is 4.39 Å². The number of hydrogen-bond donors (Lipinski definition) is 1. The molecular formula is C17H18Cl2FN. The first-order chi connectivity index (χ1) is 10.1. The summed E-state index contributed by atoms with van der Waals surface area (Å²) in [5.74, 6) is -0.310. The van der Waals surface area contributed by atoms with Crippen molar-refractivity contribution in [2.24, 2.45) is 0 Å². The Kier molecular flexibility index (Phi) is 6.04. The maximum Gasteiger partial charge on any atom is 0.124 e. The summed E-state index contributed by atoms with van der Waals surface area (Å²) in [6.45, 7) is 2.92. The lowest BCUT2D eigenvalue weighted by Gasteiger charge is -2.19. The van der Waals surface area contributed by atoms with Crippen molar-refractivity contribution in [3.8, 4) is 0 Å². The summed E-state index contributed by atoms with van der Waals surface area (Å²) in [4.78, 5) is 0. The molecular weight excluding hydrogens is 308 g/mol. The smallest absolute Gasteiger partial charge is 0.124 e. The van der Waals surface area contributed by atoms with Gasteiger partial charge in [0.15, 0.2) is 0 Å². The van der Waals surface area contributed by atoms with Crippen LogP contribution in [0, 0.1) is 5.82 Å². The van der Waals surface area contributed by atoms with Crippen LogP contribution in [0.15, 0.2) is 42.5 Å². The highest BCUT2D eigenvalue weighted by Crippen LogP contribution is 2.22. The van der Waals surface area contributed by atoms with Crippen LogP contribution in [0.25, 0.3) is 0 Å². The highest BCUT2D eigenvalue weighted by atomic mass is 35.5. The van der Waals surface area contributed by atoms with Crippen molar-refractivity contribution in [2.75, 3.05) is 6.54 Å². The summed E-state index contributed by atoms with van der Waals surface area (Å²) in [5, 5.41) is 4.68. The second-order valence-corrected chi connectivity index (χ2v) is 5.80. The highest BCUT2D eigenvalue weighted by molar-refractivity contribution is 6.31. The summed E-state index contributed by atoms with van der Waals surface area (Å²) < 4.78 is 13.1. The molecule has 0 spiro atoms. The number of benzene rings is 2. The van der Waals surface area contributed by atoms with E-state index in [0.29, 0.717) is 5.02 Å². The third kappa shape index (κ3) is 4.70. The van der Waals surface area contributed by atoms with E-state index in [1.54, 1.807) is 6.07 Å². The van der Waals surface area contributed by atoms with Crippen LogP contribution in [-0.4, -0.2) is 12.6 Å². The Morgan fingerprint density at radius 3 is 2.29 bits per heavy atom. The summed E-state index contributed by atoms with van der Waals surface area (Å²) >= 11 is 12.3. The fourth-order valence-electron chi connectivity index (χ4n) is 2.39. The summed E-state index contributed by atoms with van der Waals surface area (Å²) in [6, 6.07) is 12.6. The van der Waals surface area contributed by atoms with Crippen molar-refractivity contribution in [2.45, 2.75) is 25.8 Å². The van der Waals surface area contributed by atoms with Crippen molar-refractivity contribution in [3.05, 3.63) is 69.5 Å². The fraction of sp³-hybridized carbons (Fsp3) is 0.294. The molecule has 2 aromatic carbocycles. The zero-order valence-electron chi connectivity index (χ0n) is 11.9. The standard InChI is InChI=1S/C17H18Cl2FN/c1-2-21-15(9-12-5-3-4-6-16(12)18)10-13-7-8-14(20)11-17(13)19/h3-8,11,15,21H,2,9-10H2,1H3. The Balaban J connectivity index is 2.14. The van der Waals surface area contributed by atoms with Gasteiger partial charge in [-0.05, 0) is 48.7 Å². The molecule has 2 aromatic rings. The van der Waals surface area contributed by atoms with E-state index in [-0.39, 0.29) is 11.9 Å². The lowest BCUT2D eigenvalue weighted by molar-refractivity contribution is 0.521.